The Balaban J connectivity index is 2.03. The van der Waals surface area contributed by atoms with Crippen LogP contribution in [0.1, 0.15) is 23.7 Å². The van der Waals surface area contributed by atoms with E-state index in [4.69, 9.17) is 4.52 Å². The number of benzene rings is 2. The summed E-state index contributed by atoms with van der Waals surface area (Å²) in [5.41, 5.74) is 2.60. The predicted octanol–water partition coefficient (Wildman–Crippen LogP) is 4.46. The van der Waals surface area contributed by atoms with E-state index in [-0.39, 0.29) is 10.6 Å². The monoisotopic (exact) mass is 374 g/mol. The van der Waals surface area contributed by atoms with Gasteiger partial charge in [-0.15, -0.1) is 0 Å². The summed E-state index contributed by atoms with van der Waals surface area (Å²) in [5, 5.41) is 3.83. The normalized spacial score (nSPS) is 11.5. The van der Waals surface area contributed by atoms with Crippen molar-refractivity contribution in [3.8, 4) is 11.3 Å². The van der Waals surface area contributed by atoms with E-state index >= 15 is 0 Å². The Hall–Kier alpha value is -2.67. The fourth-order valence-electron chi connectivity index (χ4n) is 2.62. The van der Waals surface area contributed by atoms with Gasteiger partial charge in [0.15, 0.2) is 5.76 Å². The highest BCUT2D eigenvalue weighted by Gasteiger charge is 2.20. The second-order valence-corrected chi connectivity index (χ2v) is 7.73. The molecule has 2 aromatic carbocycles. The molecule has 0 bridgehead atoms. The van der Waals surface area contributed by atoms with E-state index in [9.17, 15) is 12.8 Å². The van der Waals surface area contributed by atoms with Gasteiger partial charge < -0.3 is 4.52 Å². The largest absolute Gasteiger partial charge is 0.356 e. The first-order valence-corrected chi connectivity index (χ1v) is 9.64. The Morgan fingerprint density at radius 1 is 1.12 bits per heavy atom. The van der Waals surface area contributed by atoms with Gasteiger partial charge in [0.05, 0.1) is 16.3 Å². The Labute approximate surface area is 151 Å². The molecule has 0 aliphatic carbocycles. The van der Waals surface area contributed by atoms with E-state index in [1.807, 2.05) is 6.92 Å². The van der Waals surface area contributed by atoms with Crippen molar-refractivity contribution in [3.63, 3.8) is 0 Å². The number of anilines is 1. The summed E-state index contributed by atoms with van der Waals surface area (Å²) in [5.74, 6) is 0.0229. The van der Waals surface area contributed by atoms with Crippen molar-refractivity contribution in [1.29, 1.82) is 0 Å². The number of nitrogens with one attached hydrogen (secondary N) is 1. The lowest BCUT2D eigenvalue weighted by atomic mass is 10.1. The molecule has 0 saturated heterocycles. The summed E-state index contributed by atoms with van der Waals surface area (Å²) in [7, 11) is -3.89. The van der Waals surface area contributed by atoms with Crippen LogP contribution in [-0.4, -0.2) is 13.6 Å². The molecule has 0 aliphatic rings. The standard InChI is InChI=1S/C19H19FN2O3S/c1-4-14-6-7-15(18-9-13(3)21-25-18)10-19(14)26(23,24)22-16-8-5-12(2)17(20)11-16/h5-11,22H,4H2,1-3H3. The molecule has 1 N–H and O–H groups in total. The Morgan fingerprint density at radius 2 is 1.88 bits per heavy atom. The molecular weight excluding hydrogens is 355 g/mol. The number of aryl methyl sites for hydroxylation is 3. The minimum atomic E-state index is -3.89. The van der Waals surface area contributed by atoms with Gasteiger partial charge in [-0.3, -0.25) is 4.72 Å². The third kappa shape index (κ3) is 3.62. The molecule has 0 aliphatic heterocycles. The van der Waals surface area contributed by atoms with Crippen molar-refractivity contribution in [2.45, 2.75) is 32.1 Å². The van der Waals surface area contributed by atoms with Gasteiger partial charge in [0, 0.05) is 11.6 Å². The summed E-state index contributed by atoms with van der Waals surface area (Å²) >= 11 is 0. The molecule has 0 spiro atoms. The van der Waals surface area contributed by atoms with Gasteiger partial charge in [0.2, 0.25) is 0 Å². The average Bonchev–Trinajstić information content (AvgIpc) is 3.04. The summed E-state index contributed by atoms with van der Waals surface area (Å²) in [6, 6.07) is 11.1. The highest BCUT2D eigenvalue weighted by atomic mass is 32.2. The molecule has 0 unspecified atom stereocenters. The zero-order valence-corrected chi connectivity index (χ0v) is 15.5. The van der Waals surface area contributed by atoms with Crippen LogP contribution in [0.2, 0.25) is 0 Å². The van der Waals surface area contributed by atoms with Crippen LogP contribution in [0.5, 0.6) is 0 Å². The number of rotatable bonds is 5. The maximum atomic E-state index is 13.7. The third-order valence-electron chi connectivity index (χ3n) is 4.07. The minimum absolute atomic E-state index is 0.132. The molecule has 1 heterocycles. The van der Waals surface area contributed by atoms with Crippen LogP contribution in [-0.2, 0) is 16.4 Å². The second-order valence-electron chi connectivity index (χ2n) is 6.08. The first-order valence-electron chi connectivity index (χ1n) is 8.15. The minimum Gasteiger partial charge on any atom is -0.356 e. The molecule has 1 aromatic heterocycles. The number of sulfonamides is 1. The van der Waals surface area contributed by atoms with Gasteiger partial charge in [0.1, 0.15) is 5.82 Å². The van der Waals surface area contributed by atoms with Gasteiger partial charge >= 0.3 is 0 Å². The summed E-state index contributed by atoms with van der Waals surface area (Å²) < 4.78 is 47.2. The first kappa shape index (κ1) is 18.1. The smallest absolute Gasteiger partial charge is 0.262 e. The van der Waals surface area contributed by atoms with Crippen molar-refractivity contribution in [2.24, 2.45) is 0 Å². The quantitative estimate of drug-likeness (QED) is 0.716. The number of nitrogens with zero attached hydrogens (tertiary/aromatic N) is 1. The third-order valence-corrected chi connectivity index (χ3v) is 5.54. The van der Waals surface area contributed by atoms with E-state index < -0.39 is 15.8 Å². The first-order chi connectivity index (χ1) is 12.3. The number of aromatic nitrogens is 1. The molecule has 0 saturated carbocycles. The highest BCUT2D eigenvalue weighted by molar-refractivity contribution is 7.92. The van der Waals surface area contributed by atoms with Crippen molar-refractivity contribution < 1.29 is 17.3 Å². The van der Waals surface area contributed by atoms with Crippen LogP contribution in [0.4, 0.5) is 10.1 Å². The maximum absolute atomic E-state index is 13.7. The zero-order chi connectivity index (χ0) is 18.9. The Kier molecular flexibility index (Phi) is 4.82. The van der Waals surface area contributed by atoms with Crippen LogP contribution in [0.3, 0.4) is 0 Å². The molecule has 0 atom stereocenters. The van der Waals surface area contributed by atoms with E-state index in [0.29, 0.717) is 34.6 Å². The lowest BCUT2D eigenvalue weighted by Crippen LogP contribution is -2.15. The van der Waals surface area contributed by atoms with Crippen molar-refractivity contribution in [2.75, 3.05) is 4.72 Å². The molecule has 0 amide bonds. The second kappa shape index (κ2) is 6.92. The lowest BCUT2D eigenvalue weighted by molar-refractivity contribution is 0.427. The maximum Gasteiger partial charge on any atom is 0.262 e. The van der Waals surface area contributed by atoms with E-state index in [1.165, 1.54) is 18.2 Å². The molecule has 0 radical (unpaired) electrons. The molecule has 0 fully saturated rings. The topological polar surface area (TPSA) is 72.2 Å². The molecular formula is C19H19FN2O3S. The number of hydrogen-bond acceptors (Lipinski definition) is 4. The molecule has 26 heavy (non-hydrogen) atoms. The summed E-state index contributed by atoms with van der Waals surface area (Å²) in [4.78, 5) is 0.132. The average molecular weight is 374 g/mol. The highest BCUT2D eigenvalue weighted by Crippen LogP contribution is 2.28. The van der Waals surface area contributed by atoms with Crippen molar-refractivity contribution >= 4 is 15.7 Å². The van der Waals surface area contributed by atoms with Gasteiger partial charge in [-0.05, 0) is 49.6 Å². The Bertz CT molecular complexity index is 1060. The Morgan fingerprint density at radius 3 is 2.50 bits per heavy atom. The van der Waals surface area contributed by atoms with Gasteiger partial charge in [-0.2, -0.15) is 0 Å². The van der Waals surface area contributed by atoms with Gasteiger partial charge in [-0.25, -0.2) is 12.8 Å². The van der Waals surface area contributed by atoms with Crippen LogP contribution >= 0.6 is 0 Å². The molecule has 3 rings (SSSR count). The van der Waals surface area contributed by atoms with Gasteiger partial charge in [0.25, 0.3) is 10.0 Å². The van der Waals surface area contributed by atoms with E-state index in [2.05, 4.69) is 9.88 Å². The molecule has 136 valence electrons. The van der Waals surface area contributed by atoms with Gasteiger partial charge in [-0.1, -0.05) is 30.3 Å². The SMILES string of the molecule is CCc1ccc(-c2cc(C)no2)cc1S(=O)(=O)Nc1ccc(C)c(F)c1. The number of hydrogen-bond donors (Lipinski definition) is 1. The van der Waals surface area contributed by atoms with E-state index in [0.717, 1.165) is 0 Å². The van der Waals surface area contributed by atoms with Crippen LogP contribution in [0.15, 0.2) is 51.9 Å². The lowest BCUT2D eigenvalue weighted by Gasteiger charge is -2.13. The van der Waals surface area contributed by atoms with Crippen molar-refractivity contribution in [1.82, 2.24) is 5.16 Å². The van der Waals surface area contributed by atoms with Crippen LogP contribution < -0.4 is 4.72 Å². The molecule has 7 heteroatoms. The van der Waals surface area contributed by atoms with Crippen LogP contribution in [0, 0.1) is 19.7 Å². The predicted molar refractivity (Wildman–Crippen MR) is 98.0 cm³/mol. The fraction of sp³-hybridized carbons (Fsp3) is 0.211. The van der Waals surface area contributed by atoms with E-state index in [1.54, 1.807) is 38.1 Å². The van der Waals surface area contributed by atoms with Crippen molar-refractivity contribution in [3.05, 3.63) is 65.1 Å². The molecule has 3 aromatic rings. The summed E-state index contributed by atoms with van der Waals surface area (Å²) in [6.07, 6.45) is 0.536. The zero-order valence-electron chi connectivity index (χ0n) is 14.7. The number of halogens is 1. The summed E-state index contributed by atoms with van der Waals surface area (Å²) in [6.45, 7) is 5.28. The fourth-order valence-corrected chi connectivity index (χ4v) is 4.00. The van der Waals surface area contributed by atoms with Crippen LogP contribution in [0.25, 0.3) is 11.3 Å². The molecule has 5 nitrogen and oxygen atoms in total.